The van der Waals surface area contributed by atoms with Crippen LogP contribution in [0.5, 0.6) is 5.75 Å². The van der Waals surface area contributed by atoms with Crippen LogP contribution in [0, 0.1) is 5.92 Å². The highest BCUT2D eigenvalue weighted by molar-refractivity contribution is 5.36. The molecule has 0 spiro atoms. The fourth-order valence-electron chi connectivity index (χ4n) is 3.53. The highest BCUT2D eigenvalue weighted by atomic mass is 16.5. The van der Waals surface area contributed by atoms with Gasteiger partial charge in [0.1, 0.15) is 5.75 Å². The second kappa shape index (κ2) is 7.65. The Kier molecular flexibility index (Phi) is 5.86. The molecule has 1 aliphatic rings. The van der Waals surface area contributed by atoms with Crippen molar-refractivity contribution in [3.05, 3.63) is 29.8 Å². The quantitative estimate of drug-likeness (QED) is 0.864. The molecule has 3 heteroatoms. The Hall–Kier alpha value is -1.06. The number of nitrogens with one attached hydrogen (secondary N) is 1. The highest BCUT2D eigenvalue weighted by Crippen LogP contribution is 2.39. The van der Waals surface area contributed by atoms with E-state index >= 15 is 0 Å². The molecular weight excluding hydrogens is 248 g/mol. The van der Waals surface area contributed by atoms with Crippen molar-refractivity contribution in [2.75, 3.05) is 33.8 Å². The Morgan fingerprint density at radius 2 is 2.15 bits per heavy atom. The van der Waals surface area contributed by atoms with Gasteiger partial charge in [-0.05, 0) is 57.9 Å². The van der Waals surface area contributed by atoms with Gasteiger partial charge in [0.05, 0.1) is 7.11 Å². The summed E-state index contributed by atoms with van der Waals surface area (Å²) in [4.78, 5) is 2.64. The predicted octanol–water partition coefficient (Wildman–Crippen LogP) is 3.08. The summed E-state index contributed by atoms with van der Waals surface area (Å²) in [5.41, 5.74) is 1.35. The molecule has 1 heterocycles. The summed E-state index contributed by atoms with van der Waals surface area (Å²) in [6.07, 6.45) is 3.81. The summed E-state index contributed by atoms with van der Waals surface area (Å²) in [5.74, 6) is 1.69. The largest absolute Gasteiger partial charge is 0.496 e. The van der Waals surface area contributed by atoms with Gasteiger partial charge in [0, 0.05) is 11.6 Å². The SMILES string of the molecule is CCCN1CCCC(CNC)C1c1ccccc1OC. The molecule has 0 amide bonds. The average molecular weight is 276 g/mol. The molecule has 1 aromatic rings. The zero-order valence-corrected chi connectivity index (χ0v) is 13.1. The van der Waals surface area contributed by atoms with Crippen LogP contribution in [0.3, 0.4) is 0 Å². The first-order valence-corrected chi connectivity index (χ1v) is 7.83. The lowest BCUT2D eigenvalue weighted by Gasteiger charge is -2.42. The third-order valence-electron chi connectivity index (χ3n) is 4.29. The number of benzene rings is 1. The van der Waals surface area contributed by atoms with Gasteiger partial charge in [-0.15, -0.1) is 0 Å². The van der Waals surface area contributed by atoms with Crippen molar-refractivity contribution in [3.8, 4) is 5.75 Å². The number of piperidine rings is 1. The number of hydrogen-bond acceptors (Lipinski definition) is 3. The van der Waals surface area contributed by atoms with Crippen LogP contribution >= 0.6 is 0 Å². The maximum Gasteiger partial charge on any atom is 0.123 e. The van der Waals surface area contributed by atoms with E-state index in [2.05, 4.69) is 48.5 Å². The van der Waals surface area contributed by atoms with Gasteiger partial charge in [-0.3, -0.25) is 4.90 Å². The Bertz CT molecular complexity index is 390. The van der Waals surface area contributed by atoms with Gasteiger partial charge < -0.3 is 10.1 Å². The van der Waals surface area contributed by atoms with Crippen molar-refractivity contribution in [3.63, 3.8) is 0 Å². The Morgan fingerprint density at radius 3 is 2.85 bits per heavy atom. The number of nitrogens with zero attached hydrogens (tertiary/aromatic N) is 1. The minimum Gasteiger partial charge on any atom is -0.496 e. The first kappa shape index (κ1) is 15.3. The number of hydrogen-bond donors (Lipinski definition) is 1. The Morgan fingerprint density at radius 1 is 1.35 bits per heavy atom. The lowest BCUT2D eigenvalue weighted by Crippen LogP contribution is -2.42. The second-order valence-electron chi connectivity index (χ2n) is 5.68. The molecule has 3 nitrogen and oxygen atoms in total. The molecule has 1 N–H and O–H groups in total. The monoisotopic (exact) mass is 276 g/mol. The first-order chi connectivity index (χ1) is 9.81. The van der Waals surface area contributed by atoms with Gasteiger partial charge in [0.2, 0.25) is 0 Å². The van der Waals surface area contributed by atoms with E-state index in [0.717, 1.165) is 12.3 Å². The van der Waals surface area contributed by atoms with Crippen LogP contribution in [-0.2, 0) is 0 Å². The molecule has 1 aliphatic heterocycles. The van der Waals surface area contributed by atoms with E-state index in [9.17, 15) is 0 Å². The Balaban J connectivity index is 2.32. The topological polar surface area (TPSA) is 24.5 Å². The molecule has 0 bridgehead atoms. The van der Waals surface area contributed by atoms with E-state index in [1.807, 2.05) is 0 Å². The minimum absolute atomic E-state index is 0.479. The molecule has 2 atom stereocenters. The Labute approximate surface area is 123 Å². The van der Waals surface area contributed by atoms with Gasteiger partial charge in [0.15, 0.2) is 0 Å². The van der Waals surface area contributed by atoms with Crippen LogP contribution in [0.15, 0.2) is 24.3 Å². The van der Waals surface area contributed by atoms with Crippen molar-refractivity contribution in [2.45, 2.75) is 32.2 Å². The number of methoxy groups -OCH3 is 1. The molecular formula is C17H28N2O. The van der Waals surface area contributed by atoms with E-state index in [-0.39, 0.29) is 0 Å². The molecule has 0 aliphatic carbocycles. The van der Waals surface area contributed by atoms with E-state index < -0.39 is 0 Å². The van der Waals surface area contributed by atoms with E-state index in [1.165, 1.54) is 37.9 Å². The van der Waals surface area contributed by atoms with Crippen LogP contribution in [0.25, 0.3) is 0 Å². The maximum atomic E-state index is 5.60. The van der Waals surface area contributed by atoms with Crippen molar-refractivity contribution in [1.82, 2.24) is 10.2 Å². The normalized spacial score (nSPS) is 23.8. The molecule has 2 unspecified atom stereocenters. The number of rotatable bonds is 6. The zero-order valence-electron chi connectivity index (χ0n) is 13.1. The summed E-state index contributed by atoms with van der Waals surface area (Å²) >= 11 is 0. The lowest BCUT2D eigenvalue weighted by molar-refractivity contribution is 0.0904. The zero-order chi connectivity index (χ0) is 14.4. The number of likely N-dealkylation sites (tertiary alicyclic amines) is 1. The van der Waals surface area contributed by atoms with Gasteiger partial charge in [0.25, 0.3) is 0 Å². The van der Waals surface area contributed by atoms with Gasteiger partial charge in [-0.2, -0.15) is 0 Å². The third-order valence-corrected chi connectivity index (χ3v) is 4.29. The highest BCUT2D eigenvalue weighted by Gasteiger charge is 2.33. The third kappa shape index (κ3) is 3.33. The molecule has 1 fully saturated rings. The van der Waals surface area contributed by atoms with E-state index in [0.29, 0.717) is 12.0 Å². The summed E-state index contributed by atoms with van der Waals surface area (Å²) < 4.78 is 5.60. The van der Waals surface area contributed by atoms with Crippen LogP contribution in [0.1, 0.15) is 37.8 Å². The van der Waals surface area contributed by atoms with Crippen molar-refractivity contribution < 1.29 is 4.74 Å². The fourth-order valence-corrected chi connectivity index (χ4v) is 3.53. The van der Waals surface area contributed by atoms with Crippen LogP contribution in [-0.4, -0.2) is 38.7 Å². The molecule has 1 saturated heterocycles. The van der Waals surface area contributed by atoms with Crippen LogP contribution < -0.4 is 10.1 Å². The molecule has 0 aromatic heterocycles. The van der Waals surface area contributed by atoms with Crippen molar-refractivity contribution in [1.29, 1.82) is 0 Å². The molecule has 20 heavy (non-hydrogen) atoms. The molecule has 0 saturated carbocycles. The van der Waals surface area contributed by atoms with Gasteiger partial charge in [-0.25, -0.2) is 0 Å². The van der Waals surface area contributed by atoms with Gasteiger partial charge in [-0.1, -0.05) is 25.1 Å². The first-order valence-electron chi connectivity index (χ1n) is 7.83. The lowest BCUT2D eigenvalue weighted by atomic mass is 9.84. The minimum atomic E-state index is 0.479. The summed E-state index contributed by atoms with van der Waals surface area (Å²) in [6, 6.07) is 8.99. The van der Waals surface area contributed by atoms with E-state index in [4.69, 9.17) is 4.74 Å². The van der Waals surface area contributed by atoms with E-state index in [1.54, 1.807) is 7.11 Å². The summed E-state index contributed by atoms with van der Waals surface area (Å²) in [6.45, 7) is 5.71. The molecule has 112 valence electrons. The number of ether oxygens (including phenoxy) is 1. The molecule has 2 rings (SSSR count). The predicted molar refractivity (Wildman–Crippen MR) is 84.2 cm³/mol. The maximum absolute atomic E-state index is 5.60. The van der Waals surface area contributed by atoms with Crippen LogP contribution in [0.4, 0.5) is 0 Å². The van der Waals surface area contributed by atoms with Crippen molar-refractivity contribution in [2.24, 2.45) is 5.92 Å². The number of para-hydroxylation sites is 1. The second-order valence-corrected chi connectivity index (χ2v) is 5.68. The standard InChI is InChI=1S/C17H28N2O/c1-4-11-19-12-7-8-14(13-18-2)17(19)15-9-5-6-10-16(15)20-3/h5-6,9-10,14,17-18H,4,7-8,11-13H2,1-3H3. The fraction of sp³-hybridized carbons (Fsp3) is 0.647. The molecule has 1 aromatic carbocycles. The van der Waals surface area contributed by atoms with Crippen molar-refractivity contribution >= 4 is 0 Å². The summed E-state index contributed by atoms with van der Waals surface area (Å²) in [7, 11) is 3.83. The van der Waals surface area contributed by atoms with Gasteiger partial charge >= 0.3 is 0 Å². The smallest absolute Gasteiger partial charge is 0.123 e. The average Bonchev–Trinajstić information content (AvgIpc) is 2.48. The molecule has 0 radical (unpaired) electrons. The van der Waals surface area contributed by atoms with Crippen LogP contribution in [0.2, 0.25) is 0 Å². The summed E-state index contributed by atoms with van der Waals surface area (Å²) in [5, 5.41) is 3.37.